The van der Waals surface area contributed by atoms with Gasteiger partial charge in [-0.25, -0.2) is 13.6 Å². The van der Waals surface area contributed by atoms with Crippen LogP contribution in [0.5, 0.6) is 5.75 Å². The smallest absolute Gasteiger partial charge is 0.339 e. The van der Waals surface area contributed by atoms with Crippen molar-refractivity contribution >= 4 is 17.6 Å². The molecule has 1 amide bonds. The van der Waals surface area contributed by atoms with Gasteiger partial charge < -0.3 is 14.8 Å². The molecule has 0 fully saturated rings. The lowest BCUT2D eigenvalue weighted by atomic mass is 10.1. The summed E-state index contributed by atoms with van der Waals surface area (Å²) < 4.78 is 36.8. The highest BCUT2D eigenvalue weighted by atomic mass is 19.1. The molecule has 0 bridgehead atoms. The molecule has 132 valence electrons. The molecule has 2 aromatic carbocycles. The number of hydrogen-bond acceptors (Lipinski definition) is 4. The molecular weight excluding hydrogens is 332 g/mol. The molecule has 0 aliphatic rings. The average molecular weight is 349 g/mol. The van der Waals surface area contributed by atoms with Crippen molar-refractivity contribution in [2.75, 3.05) is 12.4 Å². The molecule has 0 heterocycles. The number of hydrogen-bond donors (Lipinski definition) is 1. The lowest BCUT2D eigenvalue weighted by molar-refractivity contribution is -0.123. The maximum atomic E-state index is 13.5. The molecule has 0 aliphatic carbocycles. The Balaban J connectivity index is 2.05. The maximum absolute atomic E-state index is 13.5. The first kappa shape index (κ1) is 18.4. The number of carbonyl (C=O) groups excluding carboxylic acids is 2. The SMILES string of the molecule is COc1cc(C(=O)O[C@@H](C)C(=O)Nc2cc(F)ccc2F)ccc1C. The molecule has 0 saturated heterocycles. The van der Waals surface area contributed by atoms with Crippen molar-refractivity contribution in [1.82, 2.24) is 0 Å². The molecule has 0 radical (unpaired) electrons. The fourth-order valence-corrected chi connectivity index (χ4v) is 2.06. The minimum absolute atomic E-state index is 0.207. The van der Waals surface area contributed by atoms with Crippen LogP contribution in [0.15, 0.2) is 36.4 Å². The second-order valence-corrected chi connectivity index (χ2v) is 5.35. The zero-order valence-corrected chi connectivity index (χ0v) is 13.9. The van der Waals surface area contributed by atoms with Crippen molar-refractivity contribution < 1.29 is 27.8 Å². The fraction of sp³-hybridized carbons (Fsp3) is 0.222. The first-order chi connectivity index (χ1) is 11.8. The zero-order chi connectivity index (χ0) is 18.6. The Morgan fingerprint density at radius 1 is 1.12 bits per heavy atom. The second-order valence-electron chi connectivity index (χ2n) is 5.35. The van der Waals surface area contributed by atoms with Crippen LogP contribution in [0.25, 0.3) is 0 Å². The summed E-state index contributed by atoms with van der Waals surface area (Å²) in [5.74, 6) is -2.50. The van der Waals surface area contributed by atoms with E-state index in [4.69, 9.17) is 9.47 Å². The van der Waals surface area contributed by atoms with Crippen LogP contribution in [0.1, 0.15) is 22.8 Å². The van der Waals surface area contributed by atoms with Crippen LogP contribution in [-0.4, -0.2) is 25.1 Å². The number of anilines is 1. The minimum Gasteiger partial charge on any atom is -0.496 e. The summed E-state index contributed by atoms with van der Waals surface area (Å²) in [6.45, 7) is 3.15. The number of methoxy groups -OCH3 is 1. The molecule has 0 spiro atoms. The first-order valence-corrected chi connectivity index (χ1v) is 7.43. The average Bonchev–Trinajstić information content (AvgIpc) is 2.58. The fourth-order valence-electron chi connectivity index (χ4n) is 2.06. The molecule has 7 heteroatoms. The molecule has 1 atom stereocenters. The molecule has 0 saturated carbocycles. The van der Waals surface area contributed by atoms with Crippen LogP contribution in [0.4, 0.5) is 14.5 Å². The summed E-state index contributed by atoms with van der Waals surface area (Å²) in [4.78, 5) is 24.1. The third-order valence-electron chi connectivity index (χ3n) is 3.48. The number of aryl methyl sites for hydroxylation is 1. The van der Waals surface area contributed by atoms with Crippen molar-refractivity contribution in [2.45, 2.75) is 20.0 Å². The summed E-state index contributed by atoms with van der Waals surface area (Å²) >= 11 is 0. The highest BCUT2D eigenvalue weighted by molar-refractivity contribution is 5.97. The third-order valence-corrected chi connectivity index (χ3v) is 3.48. The maximum Gasteiger partial charge on any atom is 0.339 e. The highest BCUT2D eigenvalue weighted by Crippen LogP contribution is 2.20. The van der Waals surface area contributed by atoms with E-state index in [1.807, 2.05) is 6.92 Å². The Labute approximate surface area is 143 Å². The van der Waals surface area contributed by atoms with E-state index in [-0.39, 0.29) is 11.3 Å². The summed E-state index contributed by atoms with van der Waals surface area (Å²) in [7, 11) is 1.47. The van der Waals surface area contributed by atoms with Crippen LogP contribution in [0.3, 0.4) is 0 Å². The van der Waals surface area contributed by atoms with Crippen LogP contribution in [-0.2, 0) is 9.53 Å². The highest BCUT2D eigenvalue weighted by Gasteiger charge is 2.21. The standard InChI is InChI=1S/C18H17F2NO4/c1-10-4-5-12(8-16(10)24-3)18(23)25-11(2)17(22)21-15-9-13(19)6-7-14(15)20/h4-9,11H,1-3H3,(H,21,22)/t11-/m0/s1. The number of halogens is 2. The molecule has 0 aliphatic heterocycles. The molecule has 25 heavy (non-hydrogen) atoms. The van der Waals surface area contributed by atoms with Gasteiger partial charge in [-0.15, -0.1) is 0 Å². The van der Waals surface area contributed by atoms with E-state index in [2.05, 4.69) is 5.32 Å². The monoisotopic (exact) mass is 349 g/mol. The summed E-state index contributed by atoms with van der Waals surface area (Å²) in [6, 6.07) is 7.37. The van der Waals surface area contributed by atoms with Crippen molar-refractivity contribution in [3.8, 4) is 5.75 Å². The van der Waals surface area contributed by atoms with Crippen molar-refractivity contribution in [1.29, 1.82) is 0 Å². The van der Waals surface area contributed by atoms with Gasteiger partial charge in [0.2, 0.25) is 0 Å². The lowest BCUT2D eigenvalue weighted by Gasteiger charge is -2.14. The van der Waals surface area contributed by atoms with Crippen LogP contribution >= 0.6 is 0 Å². The van der Waals surface area contributed by atoms with Gasteiger partial charge in [0.05, 0.1) is 18.4 Å². The lowest BCUT2D eigenvalue weighted by Crippen LogP contribution is -2.30. The molecule has 2 rings (SSSR count). The number of rotatable bonds is 5. The van der Waals surface area contributed by atoms with Crippen LogP contribution in [0.2, 0.25) is 0 Å². The van der Waals surface area contributed by atoms with E-state index in [1.54, 1.807) is 6.07 Å². The van der Waals surface area contributed by atoms with Crippen molar-refractivity contribution in [3.63, 3.8) is 0 Å². The Morgan fingerprint density at radius 3 is 2.52 bits per heavy atom. The van der Waals surface area contributed by atoms with E-state index >= 15 is 0 Å². The van der Waals surface area contributed by atoms with Gasteiger partial charge in [0.1, 0.15) is 17.4 Å². The Hall–Kier alpha value is -2.96. The summed E-state index contributed by atoms with van der Waals surface area (Å²) in [5.41, 5.74) is 0.718. The predicted octanol–water partition coefficient (Wildman–Crippen LogP) is 3.47. The molecular formula is C18H17F2NO4. The number of carbonyl (C=O) groups is 2. The van der Waals surface area contributed by atoms with Gasteiger partial charge in [0, 0.05) is 6.07 Å². The molecule has 0 unspecified atom stereocenters. The van der Waals surface area contributed by atoms with Gasteiger partial charge in [-0.1, -0.05) is 6.07 Å². The third kappa shape index (κ3) is 4.53. The van der Waals surface area contributed by atoms with E-state index in [0.717, 1.165) is 23.8 Å². The number of ether oxygens (including phenoxy) is 2. The van der Waals surface area contributed by atoms with Crippen molar-refractivity contribution in [2.24, 2.45) is 0 Å². The second kappa shape index (κ2) is 7.74. The number of nitrogens with one attached hydrogen (secondary N) is 1. The van der Waals surface area contributed by atoms with Gasteiger partial charge >= 0.3 is 5.97 Å². The summed E-state index contributed by atoms with van der Waals surface area (Å²) in [5, 5.41) is 2.18. The Kier molecular flexibility index (Phi) is 5.69. The first-order valence-electron chi connectivity index (χ1n) is 7.43. The quantitative estimate of drug-likeness (QED) is 0.840. The normalized spacial score (nSPS) is 11.6. The van der Waals surface area contributed by atoms with Gasteiger partial charge in [0.15, 0.2) is 6.10 Å². The summed E-state index contributed by atoms with van der Waals surface area (Å²) in [6.07, 6.45) is -1.21. The molecule has 5 nitrogen and oxygen atoms in total. The van der Waals surface area contributed by atoms with E-state index < -0.39 is 29.6 Å². The topological polar surface area (TPSA) is 64.6 Å². The molecule has 1 N–H and O–H groups in total. The van der Waals surface area contributed by atoms with Gasteiger partial charge in [-0.05, 0) is 43.7 Å². The van der Waals surface area contributed by atoms with E-state index in [1.165, 1.54) is 26.2 Å². The largest absolute Gasteiger partial charge is 0.496 e. The number of benzene rings is 2. The predicted molar refractivity (Wildman–Crippen MR) is 87.6 cm³/mol. The van der Waals surface area contributed by atoms with Gasteiger partial charge in [-0.2, -0.15) is 0 Å². The number of esters is 1. The van der Waals surface area contributed by atoms with Crippen LogP contribution in [0, 0.1) is 18.6 Å². The van der Waals surface area contributed by atoms with Crippen LogP contribution < -0.4 is 10.1 Å². The zero-order valence-electron chi connectivity index (χ0n) is 13.9. The Morgan fingerprint density at radius 2 is 1.84 bits per heavy atom. The van der Waals surface area contributed by atoms with Gasteiger partial charge in [0.25, 0.3) is 5.91 Å². The minimum atomic E-state index is -1.21. The van der Waals surface area contributed by atoms with E-state index in [9.17, 15) is 18.4 Å². The van der Waals surface area contributed by atoms with E-state index in [0.29, 0.717) is 5.75 Å². The Bertz CT molecular complexity index is 808. The molecule has 0 aromatic heterocycles. The molecule has 2 aromatic rings. The number of amides is 1. The van der Waals surface area contributed by atoms with Gasteiger partial charge in [-0.3, -0.25) is 4.79 Å². The van der Waals surface area contributed by atoms with Crippen molar-refractivity contribution in [3.05, 3.63) is 59.2 Å².